The molecule has 1 heterocycles. The zero-order chi connectivity index (χ0) is 19.9. The Kier molecular flexibility index (Phi) is 6.94. The molecule has 1 N–H and O–H groups in total. The van der Waals surface area contributed by atoms with E-state index in [0.717, 1.165) is 30.3 Å². The van der Waals surface area contributed by atoms with Gasteiger partial charge in [-0.2, -0.15) is 13.2 Å². The topological polar surface area (TPSA) is 32.6 Å². The van der Waals surface area contributed by atoms with Gasteiger partial charge in [-0.05, 0) is 43.3 Å². The second-order valence-electron chi connectivity index (χ2n) is 6.01. The van der Waals surface area contributed by atoms with Gasteiger partial charge in [0.1, 0.15) is 6.54 Å². The first-order valence-electron chi connectivity index (χ1n) is 8.57. The molecule has 0 saturated carbocycles. The standard InChI is InChI=1S/C20H23F3N4/c1-4-24-19(27(3)15-18-8-6-14-26(18)2)25-13-5-7-16-9-11-17(12-10-16)20(21,22)23/h6,8-12,14H,4,13,15H2,1-3H3,(H,24,25). The molecule has 4 nitrogen and oxygen atoms in total. The van der Waals surface area contributed by atoms with Gasteiger partial charge in [0.2, 0.25) is 0 Å². The summed E-state index contributed by atoms with van der Waals surface area (Å²) in [5.74, 6) is 6.45. The van der Waals surface area contributed by atoms with Crippen molar-refractivity contribution >= 4 is 5.96 Å². The molecule has 0 aliphatic heterocycles. The molecule has 0 aliphatic rings. The number of rotatable bonds is 4. The van der Waals surface area contributed by atoms with E-state index in [1.54, 1.807) is 0 Å². The fourth-order valence-electron chi connectivity index (χ4n) is 2.45. The molecule has 27 heavy (non-hydrogen) atoms. The first kappa shape index (κ1) is 20.4. The van der Waals surface area contributed by atoms with Crippen LogP contribution in [0.1, 0.15) is 23.7 Å². The third kappa shape index (κ3) is 6.10. The lowest BCUT2D eigenvalue weighted by atomic mass is 10.1. The highest BCUT2D eigenvalue weighted by Crippen LogP contribution is 2.28. The molecule has 2 rings (SSSR count). The Hall–Kier alpha value is -2.88. The number of aliphatic imine (C=N–C) groups is 1. The molecule has 0 spiro atoms. The van der Waals surface area contributed by atoms with Crippen LogP contribution in [0.3, 0.4) is 0 Å². The van der Waals surface area contributed by atoms with E-state index in [1.807, 2.05) is 48.8 Å². The van der Waals surface area contributed by atoms with Gasteiger partial charge in [-0.3, -0.25) is 0 Å². The largest absolute Gasteiger partial charge is 0.416 e. The van der Waals surface area contributed by atoms with Crippen LogP contribution in [0.5, 0.6) is 0 Å². The maximum atomic E-state index is 12.6. The van der Waals surface area contributed by atoms with E-state index in [1.165, 1.54) is 12.1 Å². The number of nitrogens with one attached hydrogen (secondary N) is 1. The van der Waals surface area contributed by atoms with E-state index >= 15 is 0 Å². The summed E-state index contributed by atoms with van der Waals surface area (Å²) >= 11 is 0. The third-order valence-electron chi connectivity index (χ3n) is 3.90. The maximum absolute atomic E-state index is 12.6. The molecule has 0 radical (unpaired) electrons. The van der Waals surface area contributed by atoms with Crippen molar-refractivity contribution in [2.24, 2.45) is 12.0 Å². The molecule has 0 fully saturated rings. The van der Waals surface area contributed by atoms with Crippen LogP contribution in [0, 0.1) is 11.8 Å². The van der Waals surface area contributed by atoms with Crippen molar-refractivity contribution in [3.8, 4) is 11.8 Å². The first-order chi connectivity index (χ1) is 12.8. The van der Waals surface area contributed by atoms with E-state index in [4.69, 9.17) is 0 Å². The SMILES string of the molecule is CCNC(=NCC#Cc1ccc(C(F)(F)F)cc1)N(C)Cc1cccn1C. The smallest absolute Gasteiger partial charge is 0.356 e. The number of alkyl halides is 3. The van der Waals surface area contributed by atoms with Gasteiger partial charge in [0, 0.05) is 38.1 Å². The molecule has 0 amide bonds. The molecule has 7 heteroatoms. The van der Waals surface area contributed by atoms with Crippen molar-refractivity contribution in [2.45, 2.75) is 19.6 Å². The summed E-state index contributed by atoms with van der Waals surface area (Å²) < 4.78 is 39.7. The molecular formula is C20H23F3N4. The highest BCUT2D eigenvalue weighted by Gasteiger charge is 2.29. The molecule has 0 bridgehead atoms. The number of aryl methyl sites for hydroxylation is 1. The summed E-state index contributed by atoms with van der Waals surface area (Å²) in [4.78, 5) is 6.46. The van der Waals surface area contributed by atoms with Crippen LogP contribution < -0.4 is 5.32 Å². The van der Waals surface area contributed by atoms with E-state index in [-0.39, 0.29) is 6.54 Å². The van der Waals surface area contributed by atoms with Gasteiger partial charge in [0.05, 0.1) is 12.1 Å². The minimum Gasteiger partial charge on any atom is -0.356 e. The average molecular weight is 376 g/mol. The highest BCUT2D eigenvalue weighted by molar-refractivity contribution is 5.79. The van der Waals surface area contributed by atoms with Crippen molar-refractivity contribution in [1.29, 1.82) is 0 Å². The zero-order valence-corrected chi connectivity index (χ0v) is 15.6. The number of hydrogen-bond donors (Lipinski definition) is 1. The van der Waals surface area contributed by atoms with E-state index in [0.29, 0.717) is 12.1 Å². The van der Waals surface area contributed by atoms with E-state index in [2.05, 4.69) is 22.2 Å². The molecule has 0 aliphatic carbocycles. The minimum atomic E-state index is -4.33. The molecule has 0 unspecified atom stereocenters. The Bertz CT molecular complexity index is 823. The third-order valence-corrected chi connectivity index (χ3v) is 3.90. The van der Waals surface area contributed by atoms with Crippen LogP contribution in [0.4, 0.5) is 13.2 Å². The van der Waals surface area contributed by atoms with Gasteiger partial charge in [-0.15, -0.1) is 0 Å². The summed E-state index contributed by atoms with van der Waals surface area (Å²) in [7, 11) is 3.93. The second-order valence-corrected chi connectivity index (χ2v) is 6.01. The van der Waals surface area contributed by atoms with Crippen LogP contribution in [-0.2, 0) is 19.8 Å². The second kappa shape index (κ2) is 9.17. The van der Waals surface area contributed by atoms with Gasteiger partial charge in [-0.1, -0.05) is 11.8 Å². The predicted octanol–water partition coefficient (Wildman–Crippen LogP) is 3.49. The van der Waals surface area contributed by atoms with Crippen LogP contribution in [0.25, 0.3) is 0 Å². The number of halogens is 3. The van der Waals surface area contributed by atoms with Gasteiger partial charge >= 0.3 is 6.18 Å². The fourth-order valence-corrected chi connectivity index (χ4v) is 2.45. The molecule has 1 aromatic heterocycles. The van der Waals surface area contributed by atoms with E-state index in [9.17, 15) is 13.2 Å². The lowest BCUT2D eigenvalue weighted by Gasteiger charge is -2.22. The van der Waals surface area contributed by atoms with Crippen molar-refractivity contribution in [3.05, 3.63) is 59.4 Å². The summed E-state index contributed by atoms with van der Waals surface area (Å²) in [6.45, 7) is 3.66. The van der Waals surface area contributed by atoms with Crippen molar-refractivity contribution < 1.29 is 13.2 Å². The molecule has 2 aromatic rings. The number of nitrogens with zero attached hydrogens (tertiary/aromatic N) is 3. The molecule has 144 valence electrons. The fraction of sp³-hybridized carbons (Fsp3) is 0.350. The van der Waals surface area contributed by atoms with Crippen LogP contribution >= 0.6 is 0 Å². The number of aromatic nitrogens is 1. The number of guanidine groups is 1. The monoisotopic (exact) mass is 376 g/mol. The lowest BCUT2D eigenvalue weighted by molar-refractivity contribution is -0.137. The van der Waals surface area contributed by atoms with Crippen molar-refractivity contribution in [1.82, 2.24) is 14.8 Å². The zero-order valence-electron chi connectivity index (χ0n) is 15.6. The predicted molar refractivity (Wildman–Crippen MR) is 101 cm³/mol. The van der Waals surface area contributed by atoms with Crippen molar-refractivity contribution in [2.75, 3.05) is 20.1 Å². The van der Waals surface area contributed by atoms with Crippen molar-refractivity contribution in [3.63, 3.8) is 0 Å². The first-order valence-corrected chi connectivity index (χ1v) is 8.57. The van der Waals surface area contributed by atoms with Gasteiger partial charge in [0.15, 0.2) is 5.96 Å². The van der Waals surface area contributed by atoms with E-state index < -0.39 is 11.7 Å². The van der Waals surface area contributed by atoms with Crippen LogP contribution in [0.2, 0.25) is 0 Å². The lowest BCUT2D eigenvalue weighted by Crippen LogP contribution is -2.38. The minimum absolute atomic E-state index is 0.251. The molecule has 0 saturated heterocycles. The number of benzene rings is 1. The molecule has 0 atom stereocenters. The summed E-state index contributed by atoms with van der Waals surface area (Å²) in [6.07, 6.45) is -2.34. The molecule has 1 aromatic carbocycles. The Morgan fingerprint density at radius 1 is 1.22 bits per heavy atom. The highest BCUT2D eigenvalue weighted by atomic mass is 19.4. The quantitative estimate of drug-likeness (QED) is 0.503. The van der Waals surface area contributed by atoms with Gasteiger partial charge in [-0.25, -0.2) is 4.99 Å². The van der Waals surface area contributed by atoms with Gasteiger partial charge < -0.3 is 14.8 Å². The number of hydrogen-bond acceptors (Lipinski definition) is 1. The van der Waals surface area contributed by atoms with Crippen LogP contribution in [0.15, 0.2) is 47.6 Å². The Labute approximate surface area is 157 Å². The summed E-state index contributed by atoms with van der Waals surface area (Å²) in [5.41, 5.74) is 1.00. The summed E-state index contributed by atoms with van der Waals surface area (Å²) in [6, 6.07) is 8.84. The Balaban J connectivity index is 2.01. The molecular weight excluding hydrogens is 353 g/mol. The maximum Gasteiger partial charge on any atom is 0.416 e. The normalized spacial score (nSPS) is 11.7. The van der Waals surface area contributed by atoms with Crippen LogP contribution in [-0.4, -0.2) is 35.6 Å². The summed E-state index contributed by atoms with van der Waals surface area (Å²) in [5, 5.41) is 3.21. The van der Waals surface area contributed by atoms with Gasteiger partial charge in [0.25, 0.3) is 0 Å². The average Bonchev–Trinajstić information content (AvgIpc) is 3.02. The Morgan fingerprint density at radius 2 is 1.93 bits per heavy atom. The Morgan fingerprint density at radius 3 is 2.48 bits per heavy atom.